The van der Waals surface area contributed by atoms with Crippen LogP contribution < -0.4 is 4.90 Å². The topological polar surface area (TPSA) is 72.9 Å². The molecule has 5 heteroatoms. The smallest absolute Gasteiger partial charge is 0.254 e. The Hall–Kier alpha value is -1.88. The minimum atomic E-state index is -0.642. The molecule has 2 aromatic rings. The molecular formula is C9H7N2O3. The van der Waals surface area contributed by atoms with E-state index in [2.05, 4.69) is 9.79 Å². The molecule has 1 radical (unpaired) electrons. The lowest BCUT2D eigenvalue weighted by molar-refractivity contribution is -0.809. The molecule has 0 saturated heterocycles. The van der Waals surface area contributed by atoms with E-state index in [1.807, 2.05) is 6.07 Å². The van der Waals surface area contributed by atoms with Crippen LogP contribution in [0.15, 0.2) is 35.0 Å². The van der Waals surface area contributed by atoms with Crippen LogP contribution in [0, 0.1) is 5.21 Å². The van der Waals surface area contributed by atoms with Crippen molar-refractivity contribution in [2.45, 2.75) is 6.61 Å². The Balaban J connectivity index is 2.52. The summed E-state index contributed by atoms with van der Waals surface area (Å²) in [5.74, 6) is 0. The number of rotatable bonds is 2. The van der Waals surface area contributed by atoms with Crippen molar-refractivity contribution < 1.29 is 14.6 Å². The van der Waals surface area contributed by atoms with Crippen molar-refractivity contribution in [3.8, 4) is 11.3 Å². The Morgan fingerprint density at radius 1 is 1.36 bits per heavy atom. The predicted molar refractivity (Wildman–Crippen MR) is 45.3 cm³/mol. The van der Waals surface area contributed by atoms with E-state index in [-0.39, 0.29) is 10.6 Å². The Morgan fingerprint density at radius 3 is 2.71 bits per heavy atom. The largest absolute Gasteiger partial charge is 0.359 e. The standard InChI is InChI=1S/C9H7N2O3/c12-6-8-9(10-14-11(8)13)7-4-2-1-3-5-7/h1-5H,6H2. The van der Waals surface area contributed by atoms with Crippen molar-refractivity contribution in [3.05, 3.63) is 41.2 Å². The molecule has 0 amide bonds. The van der Waals surface area contributed by atoms with Gasteiger partial charge in [0.25, 0.3) is 5.69 Å². The predicted octanol–water partition coefficient (Wildman–Crippen LogP) is 0.905. The van der Waals surface area contributed by atoms with Gasteiger partial charge in [0.2, 0.25) is 5.69 Å². The summed E-state index contributed by atoms with van der Waals surface area (Å²) in [6, 6.07) is 8.96. The second-order valence-electron chi connectivity index (χ2n) is 2.74. The molecule has 5 nitrogen and oxygen atoms in total. The van der Waals surface area contributed by atoms with E-state index in [0.29, 0.717) is 11.3 Å². The van der Waals surface area contributed by atoms with E-state index in [0.717, 1.165) is 0 Å². The highest BCUT2D eigenvalue weighted by molar-refractivity contribution is 5.59. The van der Waals surface area contributed by atoms with Gasteiger partial charge in [-0.25, -0.2) is 5.11 Å². The van der Waals surface area contributed by atoms with E-state index in [4.69, 9.17) is 0 Å². The third-order valence-electron chi connectivity index (χ3n) is 1.88. The third-order valence-corrected chi connectivity index (χ3v) is 1.88. The molecule has 1 aromatic carbocycles. The van der Waals surface area contributed by atoms with Crippen molar-refractivity contribution in [3.63, 3.8) is 0 Å². The van der Waals surface area contributed by atoms with Crippen molar-refractivity contribution in [1.29, 1.82) is 0 Å². The quantitative estimate of drug-likeness (QED) is 0.662. The summed E-state index contributed by atoms with van der Waals surface area (Å²) in [6.07, 6.45) is 0. The third kappa shape index (κ3) is 1.33. The second-order valence-corrected chi connectivity index (χ2v) is 2.74. The molecule has 14 heavy (non-hydrogen) atoms. The fourth-order valence-electron chi connectivity index (χ4n) is 1.20. The molecule has 71 valence electrons. The van der Waals surface area contributed by atoms with Gasteiger partial charge in [-0.3, -0.25) is 4.63 Å². The van der Waals surface area contributed by atoms with Gasteiger partial charge < -0.3 is 5.21 Å². The van der Waals surface area contributed by atoms with Crippen LogP contribution in [0.4, 0.5) is 0 Å². The summed E-state index contributed by atoms with van der Waals surface area (Å²) in [5, 5.41) is 25.2. The van der Waals surface area contributed by atoms with Gasteiger partial charge in [-0.05, 0) is 4.90 Å². The molecule has 0 unspecified atom stereocenters. The maximum absolute atomic E-state index is 10.9. The minimum Gasteiger partial charge on any atom is -0.359 e. The first kappa shape index (κ1) is 8.71. The van der Waals surface area contributed by atoms with Gasteiger partial charge >= 0.3 is 0 Å². The molecule has 1 aromatic heterocycles. The highest BCUT2D eigenvalue weighted by atomic mass is 16.8. The Morgan fingerprint density at radius 2 is 2.07 bits per heavy atom. The van der Waals surface area contributed by atoms with Crippen molar-refractivity contribution in [1.82, 2.24) is 5.16 Å². The monoisotopic (exact) mass is 191 g/mol. The lowest BCUT2D eigenvalue weighted by Crippen LogP contribution is -2.27. The fraction of sp³-hybridized carbons (Fsp3) is 0.111. The lowest BCUT2D eigenvalue weighted by atomic mass is 10.1. The van der Waals surface area contributed by atoms with E-state index < -0.39 is 6.61 Å². The normalized spacial score (nSPS) is 10.4. The highest BCUT2D eigenvalue weighted by Crippen LogP contribution is 2.18. The van der Waals surface area contributed by atoms with Crippen LogP contribution in [0.3, 0.4) is 0 Å². The summed E-state index contributed by atoms with van der Waals surface area (Å²) in [4.78, 5) is 0.148. The van der Waals surface area contributed by atoms with Crippen molar-refractivity contribution in [2.75, 3.05) is 0 Å². The Kier molecular flexibility index (Phi) is 2.16. The van der Waals surface area contributed by atoms with Crippen molar-refractivity contribution >= 4 is 0 Å². The lowest BCUT2D eigenvalue weighted by Gasteiger charge is -1.92. The Labute approximate surface area is 79.7 Å². The van der Waals surface area contributed by atoms with Gasteiger partial charge in [-0.1, -0.05) is 30.3 Å². The molecule has 0 aliphatic rings. The van der Waals surface area contributed by atoms with Crippen LogP contribution in [0.2, 0.25) is 0 Å². The van der Waals surface area contributed by atoms with E-state index >= 15 is 0 Å². The highest BCUT2D eigenvalue weighted by Gasteiger charge is 2.19. The number of aromatic nitrogens is 2. The summed E-state index contributed by atoms with van der Waals surface area (Å²) >= 11 is 0. The molecule has 0 fully saturated rings. The molecule has 0 spiro atoms. The minimum absolute atomic E-state index is 0.0104. The average Bonchev–Trinajstić information content (AvgIpc) is 2.61. The number of hydrogen-bond donors (Lipinski definition) is 0. The SMILES string of the molecule is [O]Cc1c(-c2ccccc2)no[n+]1[O-]. The van der Waals surface area contributed by atoms with Gasteiger partial charge in [0.15, 0.2) is 6.61 Å². The van der Waals surface area contributed by atoms with Gasteiger partial charge in [-0.2, -0.15) is 0 Å². The molecule has 0 aliphatic heterocycles. The second kappa shape index (κ2) is 3.47. The van der Waals surface area contributed by atoms with Gasteiger partial charge in [0.1, 0.15) is 0 Å². The molecule has 1 heterocycles. The number of benzene rings is 1. The molecule has 0 bridgehead atoms. The van der Waals surface area contributed by atoms with Crippen LogP contribution in [0.1, 0.15) is 5.69 Å². The summed E-state index contributed by atoms with van der Waals surface area (Å²) in [6.45, 7) is -0.642. The zero-order chi connectivity index (χ0) is 9.97. The van der Waals surface area contributed by atoms with E-state index in [1.165, 1.54) is 0 Å². The molecule has 0 atom stereocenters. The van der Waals surface area contributed by atoms with Crippen LogP contribution in [0.5, 0.6) is 0 Å². The zero-order valence-corrected chi connectivity index (χ0v) is 7.21. The first-order chi connectivity index (χ1) is 6.83. The summed E-state index contributed by atoms with van der Waals surface area (Å²) in [5.41, 5.74) is 1.03. The number of nitrogens with zero attached hydrogens (tertiary/aromatic N) is 2. The first-order valence-corrected chi connectivity index (χ1v) is 4.05. The molecule has 0 aliphatic carbocycles. The zero-order valence-electron chi connectivity index (χ0n) is 7.21. The van der Waals surface area contributed by atoms with Gasteiger partial charge in [-0.15, -0.1) is 0 Å². The molecule has 0 N–H and O–H groups in total. The van der Waals surface area contributed by atoms with Crippen LogP contribution in [-0.2, 0) is 11.7 Å². The molecule has 0 saturated carbocycles. The summed E-state index contributed by atoms with van der Waals surface area (Å²) in [7, 11) is 0. The maximum atomic E-state index is 10.9. The van der Waals surface area contributed by atoms with E-state index in [9.17, 15) is 10.3 Å². The van der Waals surface area contributed by atoms with Crippen LogP contribution in [-0.4, -0.2) is 5.16 Å². The van der Waals surface area contributed by atoms with Crippen LogP contribution >= 0.6 is 0 Å². The summed E-state index contributed by atoms with van der Waals surface area (Å²) < 4.78 is 4.35. The van der Waals surface area contributed by atoms with Gasteiger partial charge in [0.05, 0.1) is 0 Å². The number of hydrogen-bond acceptors (Lipinski definition) is 3. The first-order valence-electron chi connectivity index (χ1n) is 4.05. The molecule has 2 rings (SSSR count). The fourth-order valence-corrected chi connectivity index (χ4v) is 1.20. The van der Waals surface area contributed by atoms with Crippen LogP contribution in [0.25, 0.3) is 11.3 Å². The van der Waals surface area contributed by atoms with E-state index in [1.54, 1.807) is 24.3 Å². The Bertz CT molecular complexity index is 425. The maximum Gasteiger partial charge on any atom is 0.254 e. The van der Waals surface area contributed by atoms with Crippen molar-refractivity contribution in [2.24, 2.45) is 0 Å². The van der Waals surface area contributed by atoms with Gasteiger partial charge in [0, 0.05) is 10.7 Å². The average molecular weight is 191 g/mol. The molecular weight excluding hydrogens is 184 g/mol.